The first-order valence-electron chi connectivity index (χ1n) is 8.03. The van der Waals surface area contributed by atoms with Crippen molar-refractivity contribution in [3.63, 3.8) is 0 Å². The van der Waals surface area contributed by atoms with E-state index in [2.05, 4.69) is 0 Å². The van der Waals surface area contributed by atoms with Crippen molar-refractivity contribution in [2.24, 2.45) is 11.8 Å². The third kappa shape index (κ3) is 2.49. The number of Topliss-reactive ketones (excluding diaryl/α,β-unsaturated/α-hetero) is 4. The van der Waals surface area contributed by atoms with E-state index in [1.807, 2.05) is 0 Å². The molecular formula is C18H12N2O8. The number of hydrogen-bond acceptors (Lipinski definition) is 8. The molecule has 2 aliphatic rings. The summed E-state index contributed by atoms with van der Waals surface area (Å²) in [7, 11) is 0. The largest absolute Gasteiger partial charge is 0.302 e. The Kier molecular flexibility index (Phi) is 4.34. The number of ketones is 4. The molecule has 0 radical (unpaired) electrons. The van der Waals surface area contributed by atoms with Crippen LogP contribution in [-0.4, -0.2) is 46.8 Å². The highest BCUT2D eigenvalue weighted by Crippen LogP contribution is 2.36. The van der Waals surface area contributed by atoms with Gasteiger partial charge in [0.15, 0.2) is 11.8 Å². The molecule has 10 nitrogen and oxygen atoms in total. The van der Waals surface area contributed by atoms with Gasteiger partial charge in [0.05, 0.1) is 11.4 Å². The maximum absolute atomic E-state index is 12.5. The van der Waals surface area contributed by atoms with Gasteiger partial charge in [-0.15, -0.1) is 0 Å². The smallest absolute Gasteiger partial charge is 0.299 e. The quantitative estimate of drug-likeness (QED) is 0.365. The van der Waals surface area contributed by atoms with Gasteiger partial charge < -0.3 is 0 Å². The highest BCUT2D eigenvalue weighted by atomic mass is 16.2. The zero-order valence-electron chi connectivity index (χ0n) is 14.6. The van der Waals surface area contributed by atoms with Crippen molar-refractivity contribution in [1.29, 1.82) is 0 Å². The van der Waals surface area contributed by atoms with Crippen molar-refractivity contribution in [2.45, 2.75) is 13.8 Å². The maximum atomic E-state index is 12.5. The second kappa shape index (κ2) is 6.41. The predicted octanol–water partition coefficient (Wildman–Crippen LogP) is -1.02. The molecule has 2 saturated heterocycles. The molecule has 0 aromatic heterocycles. The van der Waals surface area contributed by atoms with Gasteiger partial charge in [0.1, 0.15) is 11.6 Å². The molecule has 2 atom stereocenters. The third-order valence-corrected chi connectivity index (χ3v) is 4.46. The standard InChI is InChI=1S/C18H12N2O8/c1-7(21)11-13(23)17(27)19(15(11)25)9-5-3-4-6-10(9)20-16(26)12(8(2)22)14(24)18(20)28/h3-6,11-12H,1-2H3/t11-,12+. The lowest BCUT2D eigenvalue weighted by Gasteiger charge is -2.22. The van der Waals surface area contributed by atoms with Crippen molar-refractivity contribution in [1.82, 2.24) is 0 Å². The van der Waals surface area contributed by atoms with Gasteiger partial charge in [-0.3, -0.25) is 38.4 Å². The molecule has 0 aliphatic carbocycles. The molecule has 1 aromatic carbocycles. The monoisotopic (exact) mass is 384 g/mol. The average Bonchev–Trinajstić information content (AvgIpc) is 2.97. The Morgan fingerprint density at radius 3 is 1.25 bits per heavy atom. The molecule has 1 aromatic rings. The molecular weight excluding hydrogens is 372 g/mol. The molecule has 0 spiro atoms. The lowest BCUT2D eigenvalue weighted by atomic mass is 10.0. The molecule has 2 aliphatic heterocycles. The number of para-hydroxylation sites is 2. The number of carbonyl (C=O) groups is 8. The molecule has 10 heteroatoms. The topological polar surface area (TPSA) is 143 Å². The summed E-state index contributed by atoms with van der Waals surface area (Å²) in [6.07, 6.45) is 0. The van der Waals surface area contributed by atoms with Gasteiger partial charge in [-0.2, -0.15) is 0 Å². The van der Waals surface area contributed by atoms with Crippen LogP contribution in [-0.2, 0) is 38.4 Å². The van der Waals surface area contributed by atoms with E-state index < -0.39 is 58.6 Å². The third-order valence-electron chi connectivity index (χ3n) is 4.46. The number of nitrogens with zero attached hydrogens (tertiary/aromatic N) is 2. The maximum Gasteiger partial charge on any atom is 0.302 e. The number of anilines is 2. The molecule has 142 valence electrons. The van der Waals surface area contributed by atoms with Gasteiger partial charge in [-0.05, 0) is 26.0 Å². The van der Waals surface area contributed by atoms with Crippen molar-refractivity contribution in [3.05, 3.63) is 24.3 Å². The Morgan fingerprint density at radius 1 is 0.679 bits per heavy atom. The van der Waals surface area contributed by atoms with E-state index in [1.165, 1.54) is 24.3 Å². The Hall–Kier alpha value is -3.82. The van der Waals surface area contributed by atoms with Crippen molar-refractivity contribution in [3.8, 4) is 0 Å². The minimum absolute atomic E-state index is 0.326. The van der Waals surface area contributed by atoms with Crippen LogP contribution in [0.1, 0.15) is 13.8 Å². The van der Waals surface area contributed by atoms with Crippen LogP contribution >= 0.6 is 0 Å². The molecule has 3 rings (SSSR count). The molecule has 0 saturated carbocycles. The summed E-state index contributed by atoms with van der Waals surface area (Å²) in [5.74, 6) is -12.6. The molecule has 2 fully saturated rings. The Balaban J connectivity index is 2.14. The van der Waals surface area contributed by atoms with E-state index in [9.17, 15) is 38.4 Å². The molecule has 0 N–H and O–H groups in total. The van der Waals surface area contributed by atoms with E-state index in [4.69, 9.17) is 0 Å². The van der Waals surface area contributed by atoms with Gasteiger partial charge >= 0.3 is 11.8 Å². The molecule has 2 heterocycles. The van der Waals surface area contributed by atoms with Crippen LogP contribution in [0.15, 0.2) is 24.3 Å². The normalized spacial score (nSPS) is 22.5. The van der Waals surface area contributed by atoms with Gasteiger partial charge in [0.25, 0.3) is 11.8 Å². The molecule has 28 heavy (non-hydrogen) atoms. The number of imide groups is 2. The van der Waals surface area contributed by atoms with E-state index >= 15 is 0 Å². The Morgan fingerprint density at radius 2 is 1.00 bits per heavy atom. The predicted molar refractivity (Wildman–Crippen MR) is 89.8 cm³/mol. The first kappa shape index (κ1) is 19.0. The summed E-state index contributed by atoms with van der Waals surface area (Å²) in [5, 5.41) is 0. The first-order chi connectivity index (χ1) is 13.1. The van der Waals surface area contributed by atoms with Crippen molar-refractivity contribution in [2.75, 3.05) is 9.80 Å². The molecule has 4 amide bonds. The summed E-state index contributed by atoms with van der Waals surface area (Å²) in [4.78, 5) is 97.5. The zero-order valence-corrected chi connectivity index (χ0v) is 14.6. The number of benzene rings is 1. The minimum Gasteiger partial charge on any atom is -0.299 e. The van der Waals surface area contributed by atoms with Crippen LogP contribution in [0.25, 0.3) is 0 Å². The minimum atomic E-state index is -1.81. The fourth-order valence-corrected chi connectivity index (χ4v) is 3.17. The van der Waals surface area contributed by atoms with Crippen LogP contribution in [0.2, 0.25) is 0 Å². The summed E-state index contributed by atoms with van der Waals surface area (Å²) in [6.45, 7) is 1.96. The van der Waals surface area contributed by atoms with Gasteiger partial charge in [0, 0.05) is 0 Å². The summed E-state index contributed by atoms with van der Waals surface area (Å²) < 4.78 is 0. The second-order valence-electron chi connectivity index (χ2n) is 6.26. The SMILES string of the molecule is CC(=O)[C@@H]1C(=O)C(=O)N(c2ccccc2N2C(=O)C(=O)[C@H](C(C)=O)C2=O)C1=O. The van der Waals surface area contributed by atoms with E-state index in [1.54, 1.807) is 0 Å². The number of carbonyl (C=O) groups excluding carboxylic acids is 8. The van der Waals surface area contributed by atoms with Crippen LogP contribution in [0.5, 0.6) is 0 Å². The average molecular weight is 384 g/mol. The Labute approximate surface area is 157 Å². The fourth-order valence-electron chi connectivity index (χ4n) is 3.17. The summed E-state index contributed by atoms with van der Waals surface area (Å²) >= 11 is 0. The zero-order chi connectivity index (χ0) is 20.9. The lowest BCUT2D eigenvalue weighted by Crippen LogP contribution is -2.37. The van der Waals surface area contributed by atoms with Gasteiger partial charge in [-0.1, -0.05) is 12.1 Å². The van der Waals surface area contributed by atoms with Gasteiger partial charge in [-0.25, -0.2) is 9.80 Å². The van der Waals surface area contributed by atoms with Crippen molar-refractivity contribution >= 4 is 58.1 Å². The highest BCUT2D eigenvalue weighted by molar-refractivity contribution is 6.61. The molecule has 0 unspecified atom stereocenters. The first-order valence-corrected chi connectivity index (χ1v) is 8.03. The van der Waals surface area contributed by atoms with Crippen LogP contribution in [0.3, 0.4) is 0 Å². The molecule has 0 bridgehead atoms. The number of amides is 4. The van der Waals surface area contributed by atoms with Crippen LogP contribution in [0.4, 0.5) is 11.4 Å². The second-order valence-corrected chi connectivity index (χ2v) is 6.26. The fraction of sp³-hybridized carbons (Fsp3) is 0.222. The van der Waals surface area contributed by atoms with Crippen LogP contribution < -0.4 is 9.80 Å². The van der Waals surface area contributed by atoms with E-state index in [0.717, 1.165) is 13.8 Å². The van der Waals surface area contributed by atoms with Crippen molar-refractivity contribution < 1.29 is 38.4 Å². The highest BCUT2D eigenvalue weighted by Gasteiger charge is 2.54. The lowest BCUT2D eigenvalue weighted by molar-refractivity contribution is -0.140. The van der Waals surface area contributed by atoms with E-state index in [0.29, 0.717) is 9.80 Å². The summed E-state index contributed by atoms with van der Waals surface area (Å²) in [5.41, 5.74) is -0.651. The van der Waals surface area contributed by atoms with Crippen LogP contribution in [0, 0.1) is 11.8 Å². The Bertz CT molecular complexity index is 943. The number of hydrogen-bond donors (Lipinski definition) is 0. The van der Waals surface area contributed by atoms with E-state index in [-0.39, 0.29) is 11.4 Å². The van der Waals surface area contributed by atoms with Gasteiger partial charge in [0.2, 0.25) is 11.6 Å². The number of rotatable bonds is 4. The summed E-state index contributed by atoms with van der Waals surface area (Å²) in [6, 6.07) is 5.07.